The number of carbonyl (C=O) groups is 1. The monoisotopic (exact) mass is 254 g/mol. The van der Waals surface area contributed by atoms with Crippen molar-refractivity contribution in [1.82, 2.24) is 9.80 Å². The summed E-state index contributed by atoms with van der Waals surface area (Å²) in [5.74, 6) is -0.643. The average molecular weight is 254 g/mol. The first-order valence-corrected chi connectivity index (χ1v) is 7.30. The molecule has 0 saturated carbocycles. The summed E-state index contributed by atoms with van der Waals surface area (Å²) < 4.78 is 0. The molecule has 1 atom stereocenters. The van der Waals surface area contributed by atoms with Crippen molar-refractivity contribution in [3.8, 4) is 0 Å². The van der Waals surface area contributed by atoms with Gasteiger partial charge in [0.15, 0.2) is 0 Å². The Labute approximate surface area is 110 Å². The van der Waals surface area contributed by atoms with Gasteiger partial charge in [-0.05, 0) is 65.2 Å². The number of rotatable bonds is 4. The molecule has 0 spiro atoms. The molecule has 18 heavy (non-hydrogen) atoms. The first-order valence-electron chi connectivity index (χ1n) is 7.30. The van der Waals surface area contributed by atoms with Crippen molar-refractivity contribution < 1.29 is 9.90 Å². The minimum Gasteiger partial charge on any atom is -0.480 e. The van der Waals surface area contributed by atoms with Crippen LogP contribution in [-0.4, -0.2) is 58.6 Å². The minimum atomic E-state index is -0.643. The molecule has 104 valence electrons. The summed E-state index contributed by atoms with van der Waals surface area (Å²) in [6, 6.07) is 0.474. The number of hydrogen-bond donors (Lipinski definition) is 1. The van der Waals surface area contributed by atoms with Gasteiger partial charge in [0.25, 0.3) is 0 Å². The van der Waals surface area contributed by atoms with Crippen molar-refractivity contribution in [3.05, 3.63) is 0 Å². The normalized spacial score (nSPS) is 31.9. The maximum atomic E-state index is 11.5. The number of carboxylic acid groups (broad SMARTS) is 1. The Kier molecular flexibility index (Phi) is 4.28. The zero-order valence-corrected chi connectivity index (χ0v) is 11.7. The molecule has 4 nitrogen and oxygen atoms in total. The highest BCUT2D eigenvalue weighted by atomic mass is 16.4. The Morgan fingerprint density at radius 1 is 1.33 bits per heavy atom. The van der Waals surface area contributed by atoms with Gasteiger partial charge in [0.1, 0.15) is 5.54 Å². The lowest BCUT2D eigenvalue weighted by Crippen LogP contribution is -2.55. The number of piperidine rings is 1. The molecular formula is C14H26N2O2. The van der Waals surface area contributed by atoms with Gasteiger partial charge in [-0.3, -0.25) is 9.69 Å². The van der Waals surface area contributed by atoms with E-state index in [9.17, 15) is 9.90 Å². The van der Waals surface area contributed by atoms with E-state index in [0.717, 1.165) is 45.3 Å². The summed E-state index contributed by atoms with van der Waals surface area (Å²) in [5, 5.41) is 9.46. The van der Waals surface area contributed by atoms with Crippen LogP contribution in [0.3, 0.4) is 0 Å². The van der Waals surface area contributed by atoms with Crippen LogP contribution in [0.5, 0.6) is 0 Å². The van der Waals surface area contributed by atoms with Gasteiger partial charge in [-0.1, -0.05) is 6.92 Å². The van der Waals surface area contributed by atoms with E-state index >= 15 is 0 Å². The number of hydrogen-bond acceptors (Lipinski definition) is 3. The van der Waals surface area contributed by atoms with E-state index < -0.39 is 11.5 Å². The van der Waals surface area contributed by atoms with Crippen molar-refractivity contribution in [2.45, 2.75) is 57.5 Å². The van der Waals surface area contributed by atoms with Gasteiger partial charge in [-0.15, -0.1) is 0 Å². The molecule has 0 amide bonds. The van der Waals surface area contributed by atoms with Crippen molar-refractivity contribution >= 4 is 5.97 Å². The second kappa shape index (κ2) is 5.57. The summed E-state index contributed by atoms with van der Waals surface area (Å²) >= 11 is 0. The fraction of sp³-hybridized carbons (Fsp3) is 0.929. The van der Waals surface area contributed by atoms with Gasteiger partial charge in [0.05, 0.1) is 0 Å². The van der Waals surface area contributed by atoms with Crippen LogP contribution in [0.1, 0.15) is 46.0 Å². The highest BCUT2D eigenvalue weighted by Gasteiger charge is 2.46. The fourth-order valence-corrected chi connectivity index (χ4v) is 3.57. The van der Waals surface area contributed by atoms with Crippen LogP contribution in [0, 0.1) is 0 Å². The summed E-state index contributed by atoms with van der Waals surface area (Å²) in [6.07, 6.45) is 5.29. The number of aliphatic carboxylic acids is 1. The predicted molar refractivity (Wildman–Crippen MR) is 71.7 cm³/mol. The molecule has 0 aromatic rings. The van der Waals surface area contributed by atoms with Crippen molar-refractivity contribution in [2.24, 2.45) is 0 Å². The quantitative estimate of drug-likeness (QED) is 0.831. The summed E-state index contributed by atoms with van der Waals surface area (Å²) in [7, 11) is 0. The standard InChI is InChI=1S/C14H26N2O2/c1-3-8-15-10-5-12(6-11-15)16-9-4-7-14(16,2)13(17)18/h12H,3-11H2,1-2H3,(H,17,18). The van der Waals surface area contributed by atoms with E-state index in [2.05, 4.69) is 16.7 Å². The van der Waals surface area contributed by atoms with Gasteiger partial charge < -0.3 is 10.0 Å². The Balaban J connectivity index is 1.95. The molecule has 2 aliphatic rings. The summed E-state index contributed by atoms with van der Waals surface area (Å²) in [5.41, 5.74) is -0.613. The van der Waals surface area contributed by atoms with Gasteiger partial charge in [-0.2, -0.15) is 0 Å². The van der Waals surface area contributed by atoms with Gasteiger partial charge in [0.2, 0.25) is 0 Å². The minimum absolute atomic E-state index is 0.474. The lowest BCUT2D eigenvalue weighted by atomic mass is 9.94. The smallest absolute Gasteiger partial charge is 0.323 e. The Bertz CT molecular complexity index is 300. The van der Waals surface area contributed by atoms with E-state index in [0.29, 0.717) is 6.04 Å². The fourth-order valence-electron chi connectivity index (χ4n) is 3.57. The number of carboxylic acids is 1. The molecular weight excluding hydrogens is 228 g/mol. The van der Waals surface area contributed by atoms with E-state index in [1.807, 2.05) is 6.92 Å². The second-order valence-corrected chi connectivity index (χ2v) is 5.95. The van der Waals surface area contributed by atoms with E-state index in [1.54, 1.807) is 0 Å². The Morgan fingerprint density at radius 2 is 2.00 bits per heavy atom. The topological polar surface area (TPSA) is 43.8 Å². The molecule has 0 bridgehead atoms. The first-order chi connectivity index (χ1) is 8.58. The molecule has 4 heteroatoms. The van der Waals surface area contributed by atoms with Crippen LogP contribution in [0.25, 0.3) is 0 Å². The molecule has 2 fully saturated rings. The molecule has 0 radical (unpaired) electrons. The molecule has 2 heterocycles. The third kappa shape index (κ3) is 2.54. The molecule has 0 aromatic heterocycles. The van der Waals surface area contributed by atoms with Crippen molar-refractivity contribution in [2.75, 3.05) is 26.2 Å². The van der Waals surface area contributed by atoms with Crippen molar-refractivity contribution in [1.29, 1.82) is 0 Å². The number of nitrogens with zero attached hydrogens (tertiary/aromatic N) is 2. The Hall–Kier alpha value is -0.610. The lowest BCUT2D eigenvalue weighted by molar-refractivity contribution is -0.150. The van der Waals surface area contributed by atoms with E-state index in [1.165, 1.54) is 13.0 Å². The van der Waals surface area contributed by atoms with Crippen LogP contribution in [0.4, 0.5) is 0 Å². The molecule has 0 aromatic carbocycles. The van der Waals surface area contributed by atoms with E-state index in [-0.39, 0.29) is 0 Å². The molecule has 2 rings (SSSR count). The van der Waals surface area contributed by atoms with Crippen LogP contribution >= 0.6 is 0 Å². The first kappa shape index (κ1) is 13.8. The highest BCUT2D eigenvalue weighted by Crippen LogP contribution is 2.34. The highest BCUT2D eigenvalue weighted by molar-refractivity contribution is 5.78. The third-order valence-electron chi connectivity index (χ3n) is 4.69. The third-order valence-corrected chi connectivity index (χ3v) is 4.69. The molecule has 1 unspecified atom stereocenters. The maximum Gasteiger partial charge on any atom is 0.323 e. The summed E-state index contributed by atoms with van der Waals surface area (Å²) in [6.45, 7) is 8.52. The van der Waals surface area contributed by atoms with Crippen LogP contribution < -0.4 is 0 Å². The maximum absolute atomic E-state index is 11.5. The van der Waals surface area contributed by atoms with Crippen LogP contribution in [0.2, 0.25) is 0 Å². The lowest BCUT2D eigenvalue weighted by Gasteiger charge is -2.42. The Morgan fingerprint density at radius 3 is 2.56 bits per heavy atom. The van der Waals surface area contributed by atoms with Gasteiger partial charge >= 0.3 is 5.97 Å². The number of likely N-dealkylation sites (tertiary alicyclic amines) is 2. The van der Waals surface area contributed by atoms with Crippen molar-refractivity contribution in [3.63, 3.8) is 0 Å². The largest absolute Gasteiger partial charge is 0.480 e. The molecule has 2 saturated heterocycles. The second-order valence-electron chi connectivity index (χ2n) is 5.95. The van der Waals surface area contributed by atoms with Gasteiger partial charge in [-0.25, -0.2) is 0 Å². The SMILES string of the molecule is CCCN1CCC(N2CCCC2(C)C(=O)O)CC1. The average Bonchev–Trinajstić information content (AvgIpc) is 2.74. The molecule has 0 aliphatic carbocycles. The molecule has 1 N–H and O–H groups in total. The predicted octanol–water partition coefficient (Wildman–Crippen LogP) is 1.80. The van der Waals surface area contributed by atoms with Crippen LogP contribution in [-0.2, 0) is 4.79 Å². The van der Waals surface area contributed by atoms with E-state index in [4.69, 9.17) is 0 Å². The van der Waals surface area contributed by atoms with Gasteiger partial charge in [0, 0.05) is 6.04 Å². The summed E-state index contributed by atoms with van der Waals surface area (Å²) in [4.78, 5) is 16.3. The molecule has 2 aliphatic heterocycles. The van der Waals surface area contributed by atoms with Crippen LogP contribution in [0.15, 0.2) is 0 Å². The zero-order valence-electron chi connectivity index (χ0n) is 11.7. The zero-order chi connectivity index (χ0) is 13.2.